The summed E-state index contributed by atoms with van der Waals surface area (Å²) in [6, 6.07) is 0. The lowest BCUT2D eigenvalue weighted by atomic mass is 9.83. The highest BCUT2D eigenvalue weighted by molar-refractivity contribution is 9.09. The van der Waals surface area contributed by atoms with Gasteiger partial charge in [0.2, 0.25) is 5.91 Å². The standard InChI is InChI=1S/C13H12BrN3O/c14-13(11-7-16-9-17-8-11)6-2-1-3-10(13)4-5-12(15)18/h1-10H,(H2,15,18). The Morgan fingerprint density at radius 1 is 1.39 bits per heavy atom. The van der Waals surface area contributed by atoms with Crippen molar-refractivity contribution in [2.24, 2.45) is 11.7 Å². The van der Waals surface area contributed by atoms with Crippen molar-refractivity contribution < 1.29 is 4.79 Å². The highest BCUT2D eigenvalue weighted by atomic mass is 79.9. The van der Waals surface area contributed by atoms with Crippen LogP contribution in [0.15, 0.2) is 55.2 Å². The Bertz CT molecular complexity index is 524. The first-order valence-electron chi connectivity index (χ1n) is 5.41. The molecule has 1 aromatic heterocycles. The maximum Gasteiger partial charge on any atom is 0.241 e. The molecule has 0 aliphatic heterocycles. The van der Waals surface area contributed by atoms with E-state index in [9.17, 15) is 4.79 Å². The van der Waals surface area contributed by atoms with Crippen molar-refractivity contribution in [3.63, 3.8) is 0 Å². The minimum Gasteiger partial charge on any atom is -0.366 e. The zero-order chi connectivity index (χ0) is 13.0. The van der Waals surface area contributed by atoms with Gasteiger partial charge in [0.25, 0.3) is 0 Å². The van der Waals surface area contributed by atoms with Gasteiger partial charge in [-0.25, -0.2) is 9.97 Å². The second kappa shape index (κ2) is 5.27. The molecule has 18 heavy (non-hydrogen) atoms. The van der Waals surface area contributed by atoms with Crippen molar-refractivity contribution in [2.75, 3.05) is 0 Å². The summed E-state index contributed by atoms with van der Waals surface area (Å²) in [6.07, 6.45) is 16.0. The summed E-state index contributed by atoms with van der Waals surface area (Å²) >= 11 is 3.70. The Labute approximate surface area is 113 Å². The van der Waals surface area contributed by atoms with E-state index in [0.717, 1.165) is 5.56 Å². The Hall–Kier alpha value is -1.75. The summed E-state index contributed by atoms with van der Waals surface area (Å²) in [5.74, 6) is -0.488. The predicted octanol–water partition coefficient (Wildman–Crippen LogP) is 1.85. The van der Waals surface area contributed by atoms with Gasteiger partial charge >= 0.3 is 0 Å². The van der Waals surface area contributed by atoms with E-state index >= 15 is 0 Å². The number of hydrogen-bond acceptors (Lipinski definition) is 3. The maximum absolute atomic E-state index is 10.8. The van der Waals surface area contributed by atoms with E-state index in [0.29, 0.717) is 0 Å². The molecule has 2 N–H and O–H groups in total. The molecule has 0 saturated carbocycles. The summed E-state index contributed by atoms with van der Waals surface area (Å²) in [5.41, 5.74) is 6.05. The van der Waals surface area contributed by atoms with Crippen molar-refractivity contribution in [1.82, 2.24) is 9.97 Å². The molecule has 2 rings (SSSR count). The van der Waals surface area contributed by atoms with Crippen molar-refractivity contribution in [3.8, 4) is 0 Å². The number of primary amides is 1. The zero-order valence-electron chi connectivity index (χ0n) is 9.53. The van der Waals surface area contributed by atoms with Crippen molar-refractivity contribution >= 4 is 21.8 Å². The van der Waals surface area contributed by atoms with Gasteiger partial charge in [0.1, 0.15) is 6.33 Å². The number of halogens is 1. The predicted molar refractivity (Wildman–Crippen MR) is 72.7 cm³/mol. The molecule has 1 aromatic rings. The second-order valence-electron chi connectivity index (χ2n) is 3.93. The number of carbonyl (C=O) groups is 1. The van der Waals surface area contributed by atoms with E-state index in [1.165, 1.54) is 12.4 Å². The lowest BCUT2D eigenvalue weighted by molar-refractivity contribution is -0.113. The number of allylic oxidation sites excluding steroid dienone is 5. The van der Waals surface area contributed by atoms with Crippen LogP contribution in [0.3, 0.4) is 0 Å². The van der Waals surface area contributed by atoms with Gasteiger partial charge in [0.15, 0.2) is 0 Å². The molecule has 1 aliphatic rings. The summed E-state index contributed by atoms with van der Waals surface area (Å²) in [6.45, 7) is 0. The Balaban J connectivity index is 2.37. The SMILES string of the molecule is NC(=O)C=CC1C=CC=CC1(Br)c1cncnc1. The Morgan fingerprint density at radius 3 is 2.78 bits per heavy atom. The van der Waals surface area contributed by atoms with Crippen molar-refractivity contribution in [2.45, 2.75) is 4.32 Å². The number of nitrogens with zero attached hydrogens (tertiary/aromatic N) is 2. The third kappa shape index (κ3) is 2.56. The first-order valence-corrected chi connectivity index (χ1v) is 6.20. The maximum atomic E-state index is 10.8. The quantitative estimate of drug-likeness (QED) is 0.684. The fourth-order valence-corrected chi connectivity index (χ4v) is 2.48. The first-order chi connectivity index (χ1) is 8.63. The molecule has 4 nitrogen and oxygen atoms in total. The molecule has 0 fully saturated rings. The third-order valence-corrected chi connectivity index (χ3v) is 3.98. The summed E-state index contributed by atoms with van der Waals surface area (Å²) < 4.78 is -0.449. The van der Waals surface area contributed by atoms with Crippen LogP contribution in [0.5, 0.6) is 0 Å². The van der Waals surface area contributed by atoms with Crippen LogP contribution in [0.25, 0.3) is 0 Å². The van der Waals surface area contributed by atoms with Crippen LogP contribution in [0.4, 0.5) is 0 Å². The number of carbonyl (C=O) groups excluding carboxylic acids is 1. The molecule has 2 unspecified atom stereocenters. The van der Waals surface area contributed by atoms with E-state index in [2.05, 4.69) is 25.9 Å². The van der Waals surface area contributed by atoms with Crippen LogP contribution >= 0.6 is 15.9 Å². The third-order valence-electron chi connectivity index (χ3n) is 2.72. The molecule has 0 radical (unpaired) electrons. The van der Waals surface area contributed by atoms with Crippen LogP contribution < -0.4 is 5.73 Å². The van der Waals surface area contributed by atoms with Gasteiger partial charge in [-0.1, -0.05) is 46.3 Å². The van der Waals surface area contributed by atoms with E-state index in [1.807, 2.05) is 24.3 Å². The molecule has 0 bridgehead atoms. The zero-order valence-corrected chi connectivity index (χ0v) is 11.1. The normalized spacial score (nSPS) is 26.6. The number of amides is 1. The molecular formula is C13H12BrN3O. The van der Waals surface area contributed by atoms with E-state index in [-0.39, 0.29) is 5.92 Å². The van der Waals surface area contributed by atoms with Crippen LogP contribution in [0, 0.1) is 5.92 Å². The van der Waals surface area contributed by atoms with E-state index in [4.69, 9.17) is 5.73 Å². The Morgan fingerprint density at radius 2 is 2.11 bits per heavy atom. The molecule has 1 amide bonds. The number of hydrogen-bond donors (Lipinski definition) is 1. The molecule has 0 saturated heterocycles. The van der Waals surface area contributed by atoms with E-state index in [1.54, 1.807) is 18.5 Å². The van der Waals surface area contributed by atoms with Crippen LogP contribution in [0.2, 0.25) is 0 Å². The van der Waals surface area contributed by atoms with Gasteiger partial charge in [-0.15, -0.1) is 0 Å². The van der Waals surface area contributed by atoms with Crippen molar-refractivity contribution in [3.05, 3.63) is 60.7 Å². The average Bonchev–Trinajstić information content (AvgIpc) is 2.39. The summed E-state index contributed by atoms with van der Waals surface area (Å²) in [5, 5.41) is 0. The molecular weight excluding hydrogens is 294 g/mol. The van der Waals surface area contributed by atoms with Crippen LogP contribution in [-0.2, 0) is 9.12 Å². The summed E-state index contributed by atoms with van der Waals surface area (Å²) in [4.78, 5) is 18.9. The largest absolute Gasteiger partial charge is 0.366 e. The fraction of sp³-hybridized carbons (Fsp3) is 0.154. The number of aromatic nitrogens is 2. The molecule has 0 spiro atoms. The van der Waals surface area contributed by atoms with Gasteiger partial charge in [0.05, 0.1) is 4.32 Å². The van der Waals surface area contributed by atoms with Gasteiger partial charge in [-0.05, 0) is 6.08 Å². The topological polar surface area (TPSA) is 68.9 Å². The van der Waals surface area contributed by atoms with Crippen LogP contribution in [0.1, 0.15) is 5.56 Å². The monoisotopic (exact) mass is 305 g/mol. The molecule has 1 aliphatic carbocycles. The van der Waals surface area contributed by atoms with Crippen molar-refractivity contribution in [1.29, 1.82) is 0 Å². The first kappa shape index (κ1) is 12.7. The minimum atomic E-state index is -0.461. The van der Waals surface area contributed by atoms with Gasteiger partial charge < -0.3 is 5.73 Å². The van der Waals surface area contributed by atoms with Gasteiger partial charge in [0, 0.05) is 23.9 Å². The van der Waals surface area contributed by atoms with Gasteiger partial charge in [-0.2, -0.15) is 0 Å². The van der Waals surface area contributed by atoms with Gasteiger partial charge in [-0.3, -0.25) is 4.79 Å². The lowest BCUT2D eigenvalue weighted by Crippen LogP contribution is -2.26. The smallest absolute Gasteiger partial charge is 0.241 e. The molecule has 0 aromatic carbocycles. The fourth-order valence-electron chi connectivity index (χ4n) is 1.82. The molecule has 92 valence electrons. The molecule has 2 atom stereocenters. The second-order valence-corrected chi connectivity index (χ2v) is 5.24. The highest BCUT2D eigenvalue weighted by Crippen LogP contribution is 2.43. The number of nitrogens with two attached hydrogens (primary N) is 1. The summed E-state index contributed by atoms with van der Waals surface area (Å²) in [7, 11) is 0. The lowest BCUT2D eigenvalue weighted by Gasteiger charge is -2.31. The molecule has 1 heterocycles. The number of rotatable bonds is 3. The van der Waals surface area contributed by atoms with Crippen LogP contribution in [-0.4, -0.2) is 15.9 Å². The highest BCUT2D eigenvalue weighted by Gasteiger charge is 2.34. The Kier molecular flexibility index (Phi) is 3.72. The average molecular weight is 306 g/mol. The molecule has 5 heteroatoms. The number of alkyl halides is 1. The van der Waals surface area contributed by atoms with E-state index < -0.39 is 10.2 Å². The minimum absolute atomic E-state index is 0.0269.